The maximum absolute atomic E-state index is 9.57. The first-order chi connectivity index (χ1) is 8.75. The van der Waals surface area contributed by atoms with E-state index in [4.69, 9.17) is 9.83 Å². The van der Waals surface area contributed by atoms with Gasteiger partial charge in [-0.3, -0.25) is 5.48 Å². The van der Waals surface area contributed by atoms with Crippen LogP contribution >= 0.6 is 0 Å². The Bertz CT molecular complexity index is 365. The van der Waals surface area contributed by atoms with Crippen molar-refractivity contribution >= 4 is 5.84 Å². The molecule has 0 radical (unpaired) electrons. The van der Waals surface area contributed by atoms with Crippen molar-refractivity contribution in [3.63, 3.8) is 0 Å². The first-order valence-electron chi connectivity index (χ1n) is 7.36. The molecule has 18 heavy (non-hydrogen) atoms. The van der Waals surface area contributed by atoms with E-state index in [1.54, 1.807) is 0 Å². The van der Waals surface area contributed by atoms with Crippen molar-refractivity contribution in [3.8, 4) is 0 Å². The number of hydrogen-bond donors (Lipinski definition) is 2. The molecule has 0 saturated heterocycles. The van der Waals surface area contributed by atoms with E-state index in [9.17, 15) is 5.11 Å². The summed E-state index contributed by atoms with van der Waals surface area (Å²) in [5.41, 5.74) is 3.55. The van der Waals surface area contributed by atoms with Gasteiger partial charge in [0.25, 0.3) is 0 Å². The van der Waals surface area contributed by atoms with Gasteiger partial charge in [-0.05, 0) is 56.8 Å². The third-order valence-corrected chi connectivity index (χ3v) is 5.81. The molecule has 1 atom stereocenters. The maximum Gasteiger partial charge on any atom is 0.182 e. The summed E-state index contributed by atoms with van der Waals surface area (Å²) in [6.07, 6.45) is 9.52. The predicted molar refractivity (Wildman–Crippen MR) is 67.8 cm³/mol. The summed E-state index contributed by atoms with van der Waals surface area (Å²) in [4.78, 5) is 10.6. The molecule has 1 unspecified atom stereocenters. The Balaban J connectivity index is 1.52. The molecule has 1 heterocycles. The normalized spacial score (nSPS) is 46.9. The fraction of sp³-hybridized carbons (Fsp3) is 0.929. The summed E-state index contributed by atoms with van der Waals surface area (Å²) >= 11 is 0. The van der Waals surface area contributed by atoms with Gasteiger partial charge in [0.15, 0.2) is 6.23 Å². The summed E-state index contributed by atoms with van der Waals surface area (Å²) < 4.78 is 0. The van der Waals surface area contributed by atoms with Crippen molar-refractivity contribution < 1.29 is 9.94 Å². The topological polar surface area (TPSA) is 53.9 Å². The lowest BCUT2D eigenvalue weighted by molar-refractivity contribution is -0.128. The van der Waals surface area contributed by atoms with Gasteiger partial charge in [0.1, 0.15) is 5.84 Å². The average molecular weight is 250 g/mol. The van der Waals surface area contributed by atoms with Crippen molar-refractivity contribution in [2.24, 2.45) is 21.7 Å². The van der Waals surface area contributed by atoms with Gasteiger partial charge >= 0.3 is 0 Å². The Morgan fingerprint density at radius 1 is 1.17 bits per heavy atom. The van der Waals surface area contributed by atoms with Crippen LogP contribution in [-0.2, 0) is 4.84 Å². The second-order valence-corrected chi connectivity index (χ2v) is 6.88. The Kier molecular flexibility index (Phi) is 2.31. The first-order valence-corrected chi connectivity index (χ1v) is 7.36. The number of nitrogens with one attached hydrogen (secondary N) is 1. The van der Waals surface area contributed by atoms with Gasteiger partial charge in [-0.25, -0.2) is 9.83 Å². The summed E-state index contributed by atoms with van der Waals surface area (Å²) in [6.45, 7) is 0.365. The van der Waals surface area contributed by atoms with Crippen molar-refractivity contribution in [1.29, 1.82) is 0 Å². The van der Waals surface area contributed by atoms with Gasteiger partial charge in [0, 0.05) is 17.9 Å². The smallest absolute Gasteiger partial charge is 0.182 e. The Morgan fingerprint density at radius 2 is 1.83 bits per heavy atom. The van der Waals surface area contributed by atoms with Crippen LogP contribution in [0.15, 0.2) is 4.99 Å². The Morgan fingerprint density at radius 3 is 2.39 bits per heavy atom. The summed E-state index contributed by atoms with van der Waals surface area (Å²) in [7, 11) is 0. The average Bonchev–Trinajstić information content (AvgIpc) is 3.18. The van der Waals surface area contributed by atoms with E-state index < -0.39 is 0 Å². The van der Waals surface area contributed by atoms with Crippen LogP contribution in [0.4, 0.5) is 0 Å². The zero-order chi connectivity index (χ0) is 12.2. The second kappa shape index (κ2) is 3.70. The molecule has 4 fully saturated rings. The quantitative estimate of drug-likeness (QED) is 0.805. The molecule has 0 spiro atoms. The van der Waals surface area contributed by atoms with E-state index in [0.717, 1.165) is 25.1 Å². The Hall–Kier alpha value is -0.610. The number of rotatable bonds is 3. The molecule has 4 aliphatic carbocycles. The standard InChI is InChI=1S/C14H22N2O2/c17-9-13-3-6-14(7-4-13,8-5-13)12-15-11(16-18-12)10-1-2-10/h10,12,17H,1-9H2,(H,15,16). The molecule has 4 saturated carbocycles. The number of aliphatic hydroxyl groups is 1. The summed E-state index contributed by atoms with van der Waals surface area (Å²) in [5, 5.41) is 9.57. The number of aliphatic hydroxyl groups excluding tert-OH is 1. The number of aliphatic imine (C=N–C) groups is 1. The van der Waals surface area contributed by atoms with Gasteiger partial charge in [0.2, 0.25) is 0 Å². The highest BCUT2D eigenvalue weighted by atomic mass is 16.7. The van der Waals surface area contributed by atoms with Crippen molar-refractivity contribution in [3.05, 3.63) is 0 Å². The van der Waals surface area contributed by atoms with Crippen LogP contribution < -0.4 is 5.48 Å². The molecule has 0 amide bonds. The number of fused-ring (bicyclic) bond motifs is 3. The lowest BCUT2D eigenvalue weighted by Crippen LogP contribution is -2.49. The first kappa shape index (κ1) is 11.2. The zero-order valence-corrected chi connectivity index (χ0v) is 10.8. The van der Waals surface area contributed by atoms with Crippen LogP contribution in [0.2, 0.25) is 0 Å². The van der Waals surface area contributed by atoms with E-state index in [1.807, 2.05) is 0 Å². The molecule has 2 N–H and O–H groups in total. The largest absolute Gasteiger partial charge is 0.396 e. The molecular formula is C14H22N2O2. The minimum atomic E-state index is 0.0325. The molecule has 0 aromatic rings. The highest BCUT2D eigenvalue weighted by molar-refractivity contribution is 5.86. The molecule has 0 aromatic carbocycles. The van der Waals surface area contributed by atoms with E-state index in [1.165, 1.54) is 32.1 Å². The minimum absolute atomic E-state index is 0.0325. The summed E-state index contributed by atoms with van der Waals surface area (Å²) in [6, 6.07) is 0. The van der Waals surface area contributed by atoms with Crippen LogP contribution in [0.5, 0.6) is 0 Å². The zero-order valence-electron chi connectivity index (χ0n) is 10.8. The number of hydroxylamine groups is 1. The third kappa shape index (κ3) is 1.55. The van der Waals surface area contributed by atoms with Crippen LogP contribution in [0.3, 0.4) is 0 Å². The van der Waals surface area contributed by atoms with Gasteiger partial charge in [-0.1, -0.05) is 0 Å². The number of amidine groups is 1. The third-order valence-electron chi connectivity index (χ3n) is 5.81. The molecule has 1 aliphatic heterocycles. The number of nitrogens with zero attached hydrogens (tertiary/aromatic N) is 1. The monoisotopic (exact) mass is 250 g/mol. The van der Waals surface area contributed by atoms with Crippen LogP contribution in [0.1, 0.15) is 51.4 Å². The SMILES string of the molecule is OCC12CCC(C3N=C(C4CC4)NO3)(CC1)CC2. The molecule has 5 rings (SSSR count). The van der Waals surface area contributed by atoms with Crippen molar-refractivity contribution in [2.75, 3.05) is 6.61 Å². The van der Waals surface area contributed by atoms with E-state index in [2.05, 4.69) is 5.48 Å². The predicted octanol–water partition coefficient (Wildman–Crippen LogP) is 1.99. The molecule has 4 nitrogen and oxygen atoms in total. The highest BCUT2D eigenvalue weighted by Gasteiger charge is 2.54. The fourth-order valence-electron chi connectivity index (χ4n) is 4.00. The van der Waals surface area contributed by atoms with Crippen molar-refractivity contribution in [2.45, 2.75) is 57.6 Å². The van der Waals surface area contributed by atoms with E-state index in [0.29, 0.717) is 12.5 Å². The van der Waals surface area contributed by atoms with Crippen LogP contribution in [0, 0.1) is 16.7 Å². The minimum Gasteiger partial charge on any atom is -0.396 e. The molecular weight excluding hydrogens is 228 g/mol. The lowest BCUT2D eigenvalue weighted by atomic mass is 9.53. The van der Waals surface area contributed by atoms with Crippen molar-refractivity contribution in [1.82, 2.24) is 5.48 Å². The fourth-order valence-corrected chi connectivity index (χ4v) is 4.00. The maximum atomic E-state index is 9.57. The van der Waals surface area contributed by atoms with Crippen LogP contribution in [0.25, 0.3) is 0 Å². The molecule has 0 aromatic heterocycles. The second-order valence-electron chi connectivity index (χ2n) is 6.88. The van der Waals surface area contributed by atoms with Crippen LogP contribution in [-0.4, -0.2) is 23.8 Å². The molecule has 4 heteroatoms. The Labute approximate surface area is 108 Å². The molecule has 5 aliphatic rings. The van der Waals surface area contributed by atoms with E-state index in [-0.39, 0.29) is 17.1 Å². The van der Waals surface area contributed by atoms with Gasteiger partial charge < -0.3 is 5.11 Å². The number of hydrogen-bond acceptors (Lipinski definition) is 4. The lowest BCUT2D eigenvalue weighted by Gasteiger charge is -2.53. The van der Waals surface area contributed by atoms with E-state index >= 15 is 0 Å². The van der Waals surface area contributed by atoms with Gasteiger partial charge in [-0.15, -0.1) is 0 Å². The highest BCUT2D eigenvalue weighted by Crippen LogP contribution is 2.59. The van der Waals surface area contributed by atoms with Gasteiger partial charge in [0.05, 0.1) is 0 Å². The van der Waals surface area contributed by atoms with Gasteiger partial charge in [-0.2, -0.15) is 0 Å². The molecule has 2 bridgehead atoms. The summed E-state index contributed by atoms with van der Waals surface area (Å²) in [5.74, 6) is 1.74. The molecule has 100 valence electrons.